The average molecular weight is 529 g/mol. The highest BCUT2D eigenvalue weighted by Gasteiger charge is 2.32. The molecule has 0 aliphatic rings. The lowest BCUT2D eigenvalue weighted by Crippen LogP contribution is -2.53. The van der Waals surface area contributed by atoms with Crippen LogP contribution < -0.4 is 9.62 Å². The van der Waals surface area contributed by atoms with Gasteiger partial charge in [0.1, 0.15) is 12.6 Å². The van der Waals surface area contributed by atoms with E-state index >= 15 is 0 Å². The molecular weight excluding hydrogens is 497 g/mol. The third-order valence-corrected chi connectivity index (χ3v) is 6.96. The first-order chi connectivity index (χ1) is 15.8. The third kappa shape index (κ3) is 7.35. The molecule has 2 amide bonds. The molecule has 1 N–H and O–H groups in total. The number of carbonyl (C=O) groups excluding carboxylic acids is 2. The number of nitrogens with zero attached hydrogens (tertiary/aromatic N) is 2. The van der Waals surface area contributed by atoms with Crippen LogP contribution in [0.15, 0.2) is 42.5 Å². The summed E-state index contributed by atoms with van der Waals surface area (Å²) in [5.41, 5.74) is 1.60. The van der Waals surface area contributed by atoms with Crippen molar-refractivity contribution >= 4 is 50.7 Å². The Morgan fingerprint density at radius 1 is 1.09 bits per heavy atom. The average Bonchev–Trinajstić information content (AvgIpc) is 2.73. The number of rotatable bonds is 10. The molecule has 34 heavy (non-hydrogen) atoms. The number of carbonyl (C=O) groups is 2. The Morgan fingerprint density at radius 3 is 2.29 bits per heavy atom. The highest BCUT2D eigenvalue weighted by atomic mass is 35.5. The predicted octanol–water partition coefficient (Wildman–Crippen LogP) is 4.40. The molecule has 2 rings (SSSR count). The predicted molar refractivity (Wildman–Crippen MR) is 138 cm³/mol. The number of hydrogen-bond acceptors (Lipinski definition) is 4. The van der Waals surface area contributed by atoms with Crippen LogP contribution in [0.5, 0.6) is 0 Å². The maximum atomic E-state index is 13.6. The van der Waals surface area contributed by atoms with E-state index in [0.29, 0.717) is 33.3 Å². The molecule has 0 heterocycles. The first-order valence-electron chi connectivity index (χ1n) is 10.9. The Hall–Kier alpha value is -2.29. The zero-order valence-electron chi connectivity index (χ0n) is 20.0. The van der Waals surface area contributed by atoms with E-state index < -0.39 is 28.5 Å². The molecule has 2 aromatic carbocycles. The molecule has 0 aliphatic heterocycles. The second-order valence-electron chi connectivity index (χ2n) is 8.40. The topological polar surface area (TPSA) is 86.8 Å². The Bertz CT molecular complexity index is 1140. The molecule has 186 valence electrons. The van der Waals surface area contributed by atoms with Crippen molar-refractivity contribution < 1.29 is 18.0 Å². The Kier molecular flexibility index (Phi) is 9.79. The van der Waals surface area contributed by atoms with Crippen molar-refractivity contribution in [3.8, 4) is 0 Å². The molecule has 0 radical (unpaired) electrons. The van der Waals surface area contributed by atoms with Crippen molar-refractivity contribution in [1.82, 2.24) is 10.2 Å². The largest absolute Gasteiger partial charge is 0.352 e. The van der Waals surface area contributed by atoms with Gasteiger partial charge >= 0.3 is 0 Å². The van der Waals surface area contributed by atoms with E-state index in [1.165, 1.54) is 11.0 Å². The summed E-state index contributed by atoms with van der Waals surface area (Å²) in [5.74, 6) is -0.849. The van der Waals surface area contributed by atoms with Crippen LogP contribution >= 0.6 is 23.2 Å². The van der Waals surface area contributed by atoms with Crippen molar-refractivity contribution in [2.75, 3.05) is 17.1 Å². The summed E-state index contributed by atoms with van der Waals surface area (Å²) in [6, 6.07) is 10.9. The standard InChI is InChI=1S/C24H31Cl2N3O4S/c1-6-21(24(31)27-16(2)3)28(14-18-9-7-8-10-20(18)26)23(30)15-29(34(5,32)33)22-13-19(25)12-11-17(22)4/h7-13,16,21H,6,14-15H2,1-5H3,(H,27,31)/t21-/m1/s1. The lowest BCUT2D eigenvalue weighted by atomic mass is 10.1. The molecule has 0 saturated carbocycles. The fourth-order valence-electron chi connectivity index (χ4n) is 3.56. The van der Waals surface area contributed by atoms with Gasteiger partial charge in [-0.05, 0) is 56.5 Å². The van der Waals surface area contributed by atoms with Gasteiger partial charge in [-0.15, -0.1) is 0 Å². The lowest BCUT2D eigenvalue weighted by molar-refractivity contribution is -0.140. The molecule has 2 aromatic rings. The molecule has 0 saturated heterocycles. The van der Waals surface area contributed by atoms with Gasteiger partial charge in [0.05, 0.1) is 11.9 Å². The van der Waals surface area contributed by atoms with E-state index in [9.17, 15) is 18.0 Å². The van der Waals surface area contributed by atoms with Crippen LogP contribution in [0.25, 0.3) is 0 Å². The Balaban J connectivity index is 2.50. The molecule has 1 atom stereocenters. The van der Waals surface area contributed by atoms with E-state index in [-0.39, 0.29) is 18.5 Å². The number of amides is 2. The molecule has 0 bridgehead atoms. The molecule has 0 aliphatic carbocycles. The van der Waals surface area contributed by atoms with Gasteiger partial charge in [-0.2, -0.15) is 0 Å². The Labute approximate surface area is 212 Å². The highest BCUT2D eigenvalue weighted by molar-refractivity contribution is 7.92. The summed E-state index contributed by atoms with van der Waals surface area (Å²) < 4.78 is 26.4. The summed E-state index contributed by atoms with van der Waals surface area (Å²) in [6.45, 7) is 6.76. The summed E-state index contributed by atoms with van der Waals surface area (Å²) in [6.07, 6.45) is 1.37. The number of nitrogens with one attached hydrogen (secondary N) is 1. The van der Waals surface area contributed by atoms with Crippen molar-refractivity contribution in [2.24, 2.45) is 0 Å². The van der Waals surface area contributed by atoms with Crippen LogP contribution in [0, 0.1) is 6.92 Å². The zero-order chi connectivity index (χ0) is 25.6. The van der Waals surface area contributed by atoms with Gasteiger partial charge in [-0.25, -0.2) is 8.42 Å². The van der Waals surface area contributed by atoms with Gasteiger partial charge in [0.2, 0.25) is 21.8 Å². The van der Waals surface area contributed by atoms with Gasteiger partial charge in [0.15, 0.2) is 0 Å². The van der Waals surface area contributed by atoms with Crippen molar-refractivity contribution in [3.05, 3.63) is 63.6 Å². The number of aryl methyl sites for hydroxylation is 1. The SMILES string of the molecule is CC[C@H](C(=O)NC(C)C)N(Cc1ccccc1Cl)C(=O)CN(c1cc(Cl)ccc1C)S(C)(=O)=O. The summed E-state index contributed by atoms with van der Waals surface area (Å²) in [7, 11) is -3.84. The van der Waals surface area contributed by atoms with Crippen LogP contribution in [0.3, 0.4) is 0 Å². The van der Waals surface area contributed by atoms with Crippen LogP contribution in [0.2, 0.25) is 10.0 Å². The monoisotopic (exact) mass is 527 g/mol. The smallest absolute Gasteiger partial charge is 0.244 e. The van der Waals surface area contributed by atoms with Gasteiger partial charge < -0.3 is 10.2 Å². The molecule has 0 spiro atoms. The molecule has 0 aromatic heterocycles. The van der Waals surface area contributed by atoms with E-state index in [1.54, 1.807) is 50.2 Å². The maximum Gasteiger partial charge on any atom is 0.244 e. The van der Waals surface area contributed by atoms with Crippen molar-refractivity contribution in [2.45, 2.75) is 52.7 Å². The molecule has 7 nitrogen and oxygen atoms in total. The Morgan fingerprint density at radius 2 is 1.74 bits per heavy atom. The number of halogens is 2. The fourth-order valence-corrected chi connectivity index (χ4v) is 4.82. The van der Waals surface area contributed by atoms with Crippen LogP contribution in [-0.2, 0) is 26.2 Å². The summed E-state index contributed by atoms with van der Waals surface area (Å²) in [5, 5.41) is 3.64. The molecular formula is C24H31Cl2N3O4S. The van der Waals surface area contributed by atoms with E-state index in [2.05, 4.69) is 5.32 Å². The van der Waals surface area contributed by atoms with Gasteiger partial charge in [0.25, 0.3) is 0 Å². The second kappa shape index (κ2) is 11.9. The molecule has 0 unspecified atom stereocenters. The van der Waals surface area contributed by atoms with Gasteiger partial charge in [-0.1, -0.05) is 54.4 Å². The first-order valence-corrected chi connectivity index (χ1v) is 13.5. The summed E-state index contributed by atoms with van der Waals surface area (Å²) >= 11 is 12.5. The number of hydrogen-bond donors (Lipinski definition) is 1. The van der Waals surface area contributed by atoms with Crippen molar-refractivity contribution in [3.63, 3.8) is 0 Å². The first kappa shape index (κ1) is 28.0. The minimum atomic E-state index is -3.84. The molecule has 0 fully saturated rings. The van der Waals surface area contributed by atoms with Gasteiger partial charge in [-0.3, -0.25) is 13.9 Å². The minimum absolute atomic E-state index is 0.0503. The maximum absolute atomic E-state index is 13.6. The third-order valence-electron chi connectivity index (χ3n) is 5.23. The van der Waals surface area contributed by atoms with E-state index in [1.807, 2.05) is 13.8 Å². The number of anilines is 1. The van der Waals surface area contributed by atoms with Gasteiger partial charge in [0, 0.05) is 22.6 Å². The van der Waals surface area contributed by atoms with Crippen LogP contribution in [0.1, 0.15) is 38.3 Å². The molecule has 10 heteroatoms. The lowest BCUT2D eigenvalue weighted by Gasteiger charge is -2.33. The normalized spacial score (nSPS) is 12.4. The zero-order valence-corrected chi connectivity index (χ0v) is 22.3. The van der Waals surface area contributed by atoms with Crippen molar-refractivity contribution in [1.29, 1.82) is 0 Å². The highest BCUT2D eigenvalue weighted by Crippen LogP contribution is 2.27. The van der Waals surface area contributed by atoms with E-state index in [4.69, 9.17) is 23.2 Å². The van der Waals surface area contributed by atoms with Crippen LogP contribution in [0.4, 0.5) is 5.69 Å². The van der Waals surface area contributed by atoms with Crippen LogP contribution in [-0.4, -0.2) is 50.0 Å². The second-order valence-corrected chi connectivity index (χ2v) is 11.2. The fraction of sp³-hybridized carbons (Fsp3) is 0.417. The summed E-state index contributed by atoms with van der Waals surface area (Å²) in [4.78, 5) is 28.0. The number of benzene rings is 2. The van der Waals surface area contributed by atoms with E-state index in [0.717, 1.165) is 10.6 Å². The number of sulfonamides is 1. The quantitative estimate of drug-likeness (QED) is 0.495. The minimum Gasteiger partial charge on any atom is -0.352 e.